The Bertz CT molecular complexity index is 935. The van der Waals surface area contributed by atoms with Gasteiger partial charge in [-0.1, -0.05) is 17.4 Å². The average molecular weight is 413 g/mol. The molecule has 3 heterocycles. The summed E-state index contributed by atoms with van der Waals surface area (Å²) >= 11 is 1.16. The van der Waals surface area contributed by atoms with Gasteiger partial charge in [0.1, 0.15) is 10.6 Å². The number of aliphatic imine (C=N–C) groups is 1. The molecule has 0 aliphatic carbocycles. The van der Waals surface area contributed by atoms with E-state index in [2.05, 4.69) is 15.3 Å². The van der Waals surface area contributed by atoms with Crippen LogP contribution in [-0.4, -0.2) is 35.6 Å². The largest absolute Gasteiger partial charge is 0.463 e. The summed E-state index contributed by atoms with van der Waals surface area (Å²) in [4.78, 5) is 34.3. The molecule has 152 valence electrons. The van der Waals surface area contributed by atoms with Crippen LogP contribution < -0.4 is 5.32 Å². The van der Waals surface area contributed by atoms with Crippen molar-refractivity contribution < 1.29 is 18.7 Å². The summed E-state index contributed by atoms with van der Waals surface area (Å²) in [5, 5.41) is 3.05. The predicted molar refractivity (Wildman–Crippen MR) is 113 cm³/mol. The number of ether oxygens (including phenoxy) is 1. The van der Waals surface area contributed by atoms with Crippen molar-refractivity contribution in [2.45, 2.75) is 26.7 Å². The van der Waals surface area contributed by atoms with Gasteiger partial charge in [-0.05, 0) is 44.9 Å². The van der Waals surface area contributed by atoms with E-state index in [1.54, 1.807) is 12.1 Å². The summed E-state index contributed by atoms with van der Waals surface area (Å²) in [7, 11) is 0. The van der Waals surface area contributed by atoms with Crippen molar-refractivity contribution in [3.8, 4) is 11.5 Å². The number of allylic oxidation sites excluding steroid dienone is 2. The first-order valence-corrected chi connectivity index (χ1v) is 10.2. The van der Waals surface area contributed by atoms with Crippen molar-refractivity contribution in [2.75, 3.05) is 18.5 Å². The minimum Gasteiger partial charge on any atom is -0.463 e. The Kier molecular flexibility index (Phi) is 7.26. The standard InChI is InChI=1S/C21H23N3O4S/c1-3-5-14(2)22-10-7-17(25)23-21-24-18(16-6-4-11-28-16)20(29-21)19(26)15-8-12-27-13-9-15/h3-7,10-11,15H,8-9,12-13H2,1-2H3,(H,23,24,25)/b5-3-,10-7+,22-14-. The van der Waals surface area contributed by atoms with E-state index in [-0.39, 0.29) is 17.6 Å². The summed E-state index contributed by atoms with van der Waals surface area (Å²) < 4.78 is 10.8. The second-order valence-corrected chi connectivity index (χ2v) is 7.50. The molecule has 0 saturated carbocycles. The summed E-state index contributed by atoms with van der Waals surface area (Å²) in [6, 6.07) is 3.49. The molecule has 0 radical (unpaired) electrons. The summed E-state index contributed by atoms with van der Waals surface area (Å²) in [5.41, 5.74) is 1.24. The van der Waals surface area contributed by atoms with E-state index in [1.807, 2.05) is 26.0 Å². The maximum absolute atomic E-state index is 13.0. The molecule has 3 rings (SSSR count). The first-order valence-electron chi connectivity index (χ1n) is 9.39. The smallest absolute Gasteiger partial charge is 0.251 e. The quantitative estimate of drug-likeness (QED) is 0.410. The summed E-state index contributed by atoms with van der Waals surface area (Å²) in [6.45, 7) is 4.89. The topological polar surface area (TPSA) is 93.8 Å². The van der Waals surface area contributed by atoms with Gasteiger partial charge in [0.15, 0.2) is 16.7 Å². The fourth-order valence-electron chi connectivity index (χ4n) is 2.92. The molecule has 1 N–H and O–H groups in total. The highest BCUT2D eigenvalue weighted by Gasteiger charge is 2.29. The van der Waals surface area contributed by atoms with Gasteiger partial charge in [0, 0.05) is 37.1 Å². The molecule has 2 aromatic heterocycles. The lowest BCUT2D eigenvalue weighted by Crippen LogP contribution is -2.23. The van der Waals surface area contributed by atoms with Gasteiger partial charge in [-0.15, -0.1) is 0 Å². The van der Waals surface area contributed by atoms with Crippen LogP contribution in [0.4, 0.5) is 5.13 Å². The number of carbonyl (C=O) groups excluding carboxylic acids is 2. The molecule has 0 aromatic carbocycles. The number of furan rings is 1. The summed E-state index contributed by atoms with van der Waals surface area (Å²) in [6.07, 6.45) is 9.36. The molecule has 7 nitrogen and oxygen atoms in total. The van der Waals surface area contributed by atoms with Gasteiger partial charge in [0.05, 0.1) is 6.26 Å². The van der Waals surface area contributed by atoms with Crippen molar-refractivity contribution in [1.29, 1.82) is 0 Å². The molecular formula is C21H23N3O4S. The lowest BCUT2D eigenvalue weighted by molar-refractivity contribution is -0.111. The molecule has 0 atom stereocenters. The van der Waals surface area contributed by atoms with Crippen LogP contribution in [0.2, 0.25) is 0 Å². The van der Waals surface area contributed by atoms with Gasteiger partial charge in [-0.2, -0.15) is 0 Å². The van der Waals surface area contributed by atoms with E-state index >= 15 is 0 Å². The van der Waals surface area contributed by atoms with Crippen molar-refractivity contribution >= 4 is 33.9 Å². The zero-order chi connectivity index (χ0) is 20.6. The van der Waals surface area contributed by atoms with Crippen molar-refractivity contribution in [2.24, 2.45) is 10.9 Å². The third-order valence-electron chi connectivity index (χ3n) is 4.34. The van der Waals surface area contributed by atoms with Gasteiger partial charge in [-0.25, -0.2) is 4.98 Å². The number of aromatic nitrogens is 1. The molecule has 0 spiro atoms. The van der Waals surface area contributed by atoms with Gasteiger partial charge in [0.2, 0.25) is 0 Å². The van der Waals surface area contributed by atoms with Crippen LogP contribution in [0.3, 0.4) is 0 Å². The number of rotatable bonds is 7. The number of amides is 1. The Balaban J connectivity index is 1.79. The number of nitrogens with one attached hydrogen (secondary N) is 1. The Morgan fingerprint density at radius 3 is 2.79 bits per heavy atom. The van der Waals surface area contributed by atoms with E-state index in [0.717, 1.165) is 17.0 Å². The molecule has 2 aromatic rings. The summed E-state index contributed by atoms with van der Waals surface area (Å²) in [5.74, 6) is 0.0382. The first-order chi connectivity index (χ1) is 14.1. The molecule has 1 fully saturated rings. The van der Waals surface area contributed by atoms with Gasteiger partial charge < -0.3 is 9.15 Å². The number of ketones is 1. The Labute approximate surface area is 173 Å². The van der Waals surface area contributed by atoms with Crippen LogP contribution in [0.1, 0.15) is 36.4 Å². The zero-order valence-corrected chi connectivity index (χ0v) is 17.2. The van der Waals surface area contributed by atoms with Crippen molar-refractivity contribution in [1.82, 2.24) is 4.98 Å². The Morgan fingerprint density at radius 1 is 1.31 bits per heavy atom. The molecule has 0 bridgehead atoms. The number of hydrogen-bond acceptors (Lipinski definition) is 7. The maximum atomic E-state index is 13.0. The predicted octanol–water partition coefficient (Wildman–Crippen LogP) is 4.50. The third-order valence-corrected chi connectivity index (χ3v) is 5.33. The Hall–Kier alpha value is -2.84. The van der Waals surface area contributed by atoms with Gasteiger partial charge in [0.25, 0.3) is 5.91 Å². The molecule has 1 aliphatic rings. The van der Waals surface area contributed by atoms with Crippen LogP contribution in [0.15, 0.2) is 52.2 Å². The SMILES string of the molecule is C\C=C/C(C)=N\C=C\C(=O)Nc1nc(-c2ccco2)c(C(=O)C2CCOCC2)s1. The minimum atomic E-state index is -0.369. The number of nitrogens with zero attached hydrogens (tertiary/aromatic N) is 2. The lowest BCUT2D eigenvalue weighted by atomic mass is 9.94. The minimum absolute atomic E-state index is 0.0137. The lowest BCUT2D eigenvalue weighted by Gasteiger charge is -2.20. The maximum Gasteiger partial charge on any atom is 0.251 e. The molecule has 0 unspecified atom stereocenters. The van der Waals surface area contributed by atoms with Gasteiger partial charge >= 0.3 is 0 Å². The van der Waals surface area contributed by atoms with E-state index in [0.29, 0.717) is 47.5 Å². The monoisotopic (exact) mass is 413 g/mol. The normalized spacial score (nSPS) is 16.0. The number of anilines is 1. The molecular weight excluding hydrogens is 390 g/mol. The van der Waals surface area contributed by atoms with Crippen LogP contribution >= 0.6 is 11.3 Å². The van der Waals surface area contributed by atoms with E-state index in [1.165, 1.54) is 18.5 Å². The molecule has 1 amide bonds. The highest BCUT2D eigenvalue weighted by molar-refractivity contribution is 7.18. The number of Topliss-reactive ketones (excluding diaryl/α,β-unsaturated/α-hetero) is 1. The average Bonchev–Trinajstić information content (AvgIpc) is 3.38. The van der Waals surface area contributed by atoms with Crippen LogP contribution in [-0.2, 0) is 9.53 Å². The van der Waals surface area contributed by atoms with Crippen LogP contribution in [0.25, 0.3) is 11.5 Å². The fourth-order valence-corrected chi connectivity index (χ4v) is 3.91. The van der Waals surface area contributed by atoms with Gasteiger partial charge in [-0.3, -0.25) is 19.9 Å². The number of carbonyl (C=O) groups is 2. The molecule has 29 heavy (non-hydrogen) atoms. The van der Waals surface area contributed by atoms with Crippen LogP contribution in [0, 0.1) is 5.92 Å². The van der Waals surface area contributed by atoms with E-state index < -0.39 is 0 Å². The molecule has 1 aliphatic heterocycles. The first kappa shape index (κ1) is 20.9. The Morgan fingerprint density at radius 2 is 2.10 bits per heavy atom. The number of hydrogen-bond donors (Lipinski definition) is 1. The highest BCUT2D eigenvalue weighted by Crippen LogP contribution is 2.35. The number of thiazole rings is 1. The van der Waals surface area contributed by atoms with Crippen molar-refractivity contribution in [3.05, 3.63) is 47.7 Å². The second kappa shape index (κ2) is 10.1. The molecule has 8 heteroatoms. The fraction of sp³-hybridized carbons (Fsp3) is 0.333. The third kappa shape index (κ3) is 5.58. The highest BCUT2D eigenvalue weighted by atomic mass is 32.1. The zero-order valence-electron chi connectivity index (χ0n) is 16.4. The molecule has 1 saturated heterocycles. The van der Waals surface area contributed by atoms with E-state index in [9.17, 15) is 9.59 Å². The van der Waals surface area contributed by atoms with E-state index in [4.69, 9.17) is 9.15 Å². The second-order valence-electron chi connectivity index (χ2n) is 6.50. The van der Waals surface area contributed by atoms with Crippen LogP contribution in [0.5, 0.6) is 0 Å². The van der Waals surface area contributed by atoms with Crippen molar-refractivity contribution in [3.63, 3.8) is 0 Å².